The Morgan fingerprint density at radius 3 is 1.30 bits per heavy atom. The number of hydrogen-bond donors (Lipinski definition) is 0. The molecule has 0 saturated carbocycles. The van der Waals surface area contributed by atoms with E-state index in [0.717, 1.165) is 12.8 Å². The molecule has 0 nitrogen and oxygen atoms in total. The standard InChI is InChI=1S/C18H20S2/c1-3-17(19-15-11-7-5-8-12-15)18(4-2)20-16-13-9-6-10-14-16/h5-14H,3-4H2,1-2H3/b18-17+. The lowest BCUT2D eigenvalue weighted by atomic mass is 10.3. The SMILES string of the molecule is CC/C(Sc1ccccc1)=C(/CC)Sc1ccccc1. The quantitative estimate of drug-likeness (QED) is 0.551. The van der Waals surface area contributed by atoms with Crippen LogP contribution in [0.4, 0.5) is 0 Å². The molecule has 0 aliphatic heterocycles. The summed E-state index contributed by atoms with van der Waals surface area (Å²) in [6.45, 7) is 4.49. The zero-order chi connectivity index (χ0) is 14.2. The fourth-order valence-corrected chi connectivity index (χ4v) is 4.12. The van der Waals surface area contributed by atoms with Crippen molar-refractivity contribution in [3.8, 4) is 0 Å². The predicted molar refractivity (Wildman–Crippen MR) is 92.2 cm³/mol. The van der Waals surface area contributed by atoms with E-state index >= 15 is 0 Å². The molecule has 0 fully saturated rings. The van der Waals surface area contributed by atoms with Gasteiger partial charge in [0.05, 0.1) is 0 Å². The van der Waals surface area contributed by atoms with Crippen molar-refractivity contribution in [2.75, 3.05) is 0 Å². The van der Waals surface area contributed by atoms with E-state index in [1.807, 2.05) is 23.5 Å². The van der Waals surface area contributed by atoms with Gasteiger partial charge in [-0.05, 0) is 46.9 Å². The Balaban J connectivity index is 2.19. The van der Waals surface area contributed by atoms with Crippen molar-refractivity contribution in [2.45, 2.75) is 36.5 Å². The highest BCUT2D eigenvalue weighted by Crippen LogP contribution is 2.39. The highest BCUT2D eigenvalue weighted by Gasteiger charge is 2.07. The predicted octanol–water partition coefficient (Wildman–Crippen LogP) is 6.60. The third kappa shape index (κ3) is 4.46. The molecule has 20 heavy (non-hydrogen) atoms. The summed E-state index contributed by atoms with van der Waals surface area (Å²) in [6.07, 6.45) is 2.17. The maximum absolute atomic E-state index is 2.24. The van der Waals surface area contributed by atoms with Crippen LogP contribution in [-0.4, -0.2) is 0 Å². The summed E-state index contributed by atoms with van der Waals surface area (Å²) in [4.78, 5) is 5.60. The zero-order valence-corrected chi connectivity index (χ0v) is 13.6. The van der Waals surface area contributed by atoms with Crippen molar-refractivity contribution in [2.24, 2.45) is 0 Å². The molecular weight excluding hydrogens is 280 g/mol. The summed E-state index contributed by atoms with van der Waals surface area (Å²) in [7, 11) is 0. The minimum Gasteiger partial charge on any atom is -0.0937 e. The molecule has 0 spiro atoms. The minimum absolute atomic E-state index is 1.09. The van der Waals surface area contributed by atoms with Crippen molar-refractivity contribution in [3.63, 3.8) is 0 Å². The normalized spacial score (nSPS) is 12.1. The van der Waals surface area contributed by atoms with Gasteiger partial charge in [-0.3, -0.25) is 0 Å². The lowest BCUT2D eigenvalue weighted by Gasteiger charge is -2.12. The molecule has 0 aliphatic rings. The maximum Gasteiger partial charge on any atom is 0.0119 e. The zero-order valence-electron chi connectivity index (χ0n) is 12.0. The van der Waals surface area contributed by atoms with Crippen LogP contribution in [0.2, 0.25) is 0 Å². The summed E-state index contributed by atoms with van der Waals surface area (Å²) in [6, 6.07) is 21.3. The molecule has 2 heteroatoms. The summed E-state index contributed by atoms with van der Waals surface area (Å²) in [5, 5.41) is 0. The van der Waals surface area contributed by atoms with Gasteiger partial charge in [0, 0.05) is 9.79 Å². The van der Waals surface area contributed by atoms with Crippen molar-refractivity contribution in [1.82, 2.24) is 0 Å². The first-order chi connectivity index (χ1) is 9.83. The highest BCUT2D eigenvalue weighted by atomic mass is 32.2. The second-order valence-corrected chi connectivity index (χ2v) is 6.72. The van der Waals surface area contributed by atoms with Crippen molar-refractivity contribution in [1.29, 1.82) is 0 Å². The average Bonchev–Trinajstić information content (AvgIpc) is 2.52. The molecule has 0 N–H and O–H groups in total. The molecule has 0 atom stereocenters. The van der Waals surface area contributed by atoms with Gasteiger partial charge in [-0.2, -0.15) is 0 Å². The van der Waals surface area contributed by atoms with Crippen LogP contribution >= 0.6 is 23.5 Å². The van der Waals surface area contributed by atoms with E-state index in [4.69, 9.17) is 0 Å². The number of benzene rings is 2. The molecular formula is C18H20S2. The molecule has 0 radical (unpaired) electrons. The summed E-state index contributed by atoms with van der Waals surface area (Å²) >= 11 is 3.80. The topological polar surface area (TPSA) is 0 Å². The summed E-state index contributed by atoms with van der Waals surface area (Å²) in [5.74, 6) is 0. The molecule has 0 aliphatic carbocycles. The summed E-state index contributed by atoms with van der Waals surface area (Å²) < 4.78 is 0. The number of hydrogen-bond acceptors (Lipinski definition) is 2. The fraction of sp³-hybridized carbons (Fsp3) is 0.222. The van der Waals surface area contributed by atoms with E-state index in [2.05, 4.69) is 74.5 Å². The van der Waals surface area contributed by atoms with Crippen LogP contribution in [0.5, 0.6) is 0 Å². The highest BCUT2D eigenvalue weighted by molar-refractivity contribution is 8.06. The van der Waals surface area contributed by atoms with Gasteiger partial charge in [0.25, 0.3) is 0 Å². The van der Waals surface area contributed by atoms with Crippen molar-refractivity contribution in [3.05, 3.63) is 70.5 Å². The van der Waals surface area contributed by atoms with Gasteiger partial charge in [0.15, 0.2) is 0 Å². The van der Waals surface area contributed by atoms with Crippen molar-refractivity contribution >= 4 is 23.5 Å². The fourth-order valence-electron chi connectivity index (χ4n) is 1.91. The second kappa shape index (κ2) is 8.23. The molecule has 0 amide bonds. The van der Waals surface area contributed by atoms with Crippen LogP contribution in [0.25, 0.3) is 0 Å². The largest absolute Gasteiger partial charge is 0.0937 e. The molecule has 0 bridgehead atoms. The first-order valence-electron chi connectivity index (χ1n) is 7.01. The Morgan fingerprint density at radius 2 is 1.00 bits per heavy atom. The van der Waals surface area contributed by atoms with Crippen LogP contribution < -0.4 is 0 Å². The van der Waals surface area contributed by atoms with Gasteiger partial charge in [0.2, 0.25) is 0 Å². The van der Waals surface area contributed by atoms with Gasteiger partial charge < -0.3 is 0 Å². The molecule has 0 unspecified atom stereocenters. The van der Waals surface area contributed by atoms with E-state index in [0.29, 0.717) is 0 Å². The molecule has 2 aromatic rings. The van der Waals surface area contributed by atoms with Gasteiger partial charge in [-0.1, -0.05) is 73.8 Å². The molecule has 0 aromatic heterocycles. The van der Waals surface area contributed by atoms with E-state index in [1.165, 1.54) is 19.6 Å². The van der Waals surface area contributed by atoms with Crippen LogP contribution in [0.1, 0.15) is 26.7 Å². The Kier molecular flexibility index (Phi) is 6.28. The van der Waals surface area contributed by atoms with Gasteiger partial charge >= 0.3 is 0 Å². The van der Waals surface area contributed by atoms with E-state index in [-0.39, 0.29) is 0 Å². The number of thioether (sulfide) groups is 2. The van der Waals surface area contributed by atoms with Crippen LogP contribution in [0.3, 0.4) is 0 Å². The Hall–Kier alpha value is -1.12. The third-order valence-corrected chi connectivity index (χ3v) is 5.63. The Morgan fingerprint density at radius 1 is 0.650 bits per heavy atom. The van der Waals surface area contributed by atoms with E-state index < -0.39 is 0 Å². The third-order valence-electron chi connectivity index (χ3n) is 2.92. The molecule has 104 valence electrons. The van der Waals surface area contributed by atoms with Crippen LogP contribution in [0.15, 0.2) is 80.3 Å². The van der Waals surface area contributed by atoms with Crippen LogP contribution in [-0.2, 0) is 0 Å². The smallest absolute Gasteiger partial charge is 0.0119 e. The number of allylic oxidation sites excluding steroid dienone is 2. The molecule has 0 saturated heterocycles. The first kappa shape index (κ1) is 15.3. The first-order valence-corrected chi connectivity index (χ1v) is 8.64. The Labute approximate surface area is 130 Å². The average molecular weight is 300 g/mol. The maximum atomic E-state index is 2.24. The monoisotopic (exact) mass is 300 g/mol. The van der Waals surface area contributed by atoms with Gasteiger partial charge in [0.1, 0.15) is 0 Å². The van der Waals surface area contributed by atoms with Gasteiger partial charge in [-0.15, -0.1) is 0 Å². The molecule has 2 aromatic carbocycles. The second-order valence-electron chi connectivity index (χ2n) is 4.38. The molecule has 2 rings (SSSR count). The lowest BCUT2D eigenvalue weighted by Crippen LogP contribution is -1.84. The molecule has 0 heterocycles. The summed E-state index contributed by atoms with van der Waals surface area (Å²) in [5.41, 5.74) is 0. The van der Waals surface area contributed by atoms with Crippen molar-refractivity contribution < 1.29 is 0 Å². The van der Waals surface area contributed by atoms with Crippen LogP contribution in [0, 0.1) is 0 Å². The Bertz CT molecular complexity index is 493. The lowest BCUT2D eigenvalue weighted by molar-refractivity contribution is 1.12. The number of rotatable bonds is 6. The van der Waals surface area contributed by atoms with Gasteiger partial charge in [-0.25, -0.2) is 0 Å². The van der Waals surface area contributed by atoms with E-state index in [9.17, 15) is 0 Å². The van der Waals surface area contributed by atoms with E-state index in [1.54, 1.807) is 0 Å². The minimum atomic E-state index is 1.09.